The van der Waals surface area contributed by atoms with Crippen molar-refractivity contribution < 1.29 is 14.7 Å². The van der Waals surface area contributed by atoms with E-state index in [1.54, 1.807) is 6.07 Å². The quantitative estimate of drug-likeness (QED) is 0.857. The van der Waals surface area contributed by atoms with Crippen molar-refractivity contribution in [2.75, 3.05) is 6.54 Å². The summed E-state index contributed by atoms with van der Waals surface area (Å²) in [5.41, 5.74) is 0.578. The highest BCUT2D eigenvalue weighted by Gasteiger charge is 2.18. The molecule has 2 aromatic carbocycles. The van der Waals surface area contributed by atoms with Gasteiger partial charge in [-0.05, 0) is 23.3 Å². The Balaban J connectivity index is 2.14. The average Bonchev–Trinajstić information content (AvgIpc) is 2.50. The van der Waals surface area contributed by atoms with E-state index < -0.39 is 11.9 Å². The fourth-order valence-corrected chi connectivity index (χ4v) is 2.40. The Labute approximate surface area is 123 Å². The summed E-state index contributed by atoms with van der Waals surface area (Å²) in [6, 6.07) is 13.2. The number of carboxylic acid groups (broad SMARTS) is 1. The van der Waals surface area contributed by atoms with Gasteiger partial charge in [0.2, 0.25) is 0 Å². The lowest BCUT2D eigenvalue weighted by Gasteiger charge is -2.13. The average molecular weight is 285 g/mol. The maximum absolute atomic E-state index is 12.3. The molecule has 1 unspecified atom stereocenters. The predicted molar refractivity (Wildman–Crippen MR) is 82.3 cm³/mol. The number of nitrogens with one attached hydrogen (secondary N) is 1. The van der Waals surface area contributed by atoms with Crippen LogP contribution in [-0.2, 0) is 4.79 Å². The maximum atomic E-state index is 12.3. The van der Waals surface area contributed by atoms with Crippen LogP contribution in [-0.4, -0.2) is 23.5 Å². The summed E-state index contributed by atoms with van der Waals surface area (Å²) in [4.78, 5) is 23.4. The van der Waals surface area contributed by atoms with Crippen LogP contribution in [0.1, 0.15) is 30.1 Å². The predicted octanol–water partition coefficient (Wildman–Crippen LogP) is 3.07. The van der Waals surface area contributed by atoms with E-state index in [0.717, 1.165) is 17.2 Å². The third-order valence-electron chi connectivity index (χ3n) is 3.53. The standard InChI is InChI=1S/C17H19NO3/c1-2-6-13(17(20)21)11-18-16(19)15-10-5-8-12-7-3-4-9-14(12)15/h3-5,7-10,13H,2,6,11H2,1H3,(H,18,19)(H,20,21). The van der Waals surface area contributed by atoms with Crippen molar-refractivity contribution in [3.63, 3.8) is 0 Å². The molecule has 0 aliphatic heterocycles. The molecule has 2 rings (SSSR count). The van der Waals surface area contributed by atoms with Crippen molar-refractivity contribution in [2.45, 2.75) is 19.8 Å². The van der Waals surface area contributed by atoms with Crippen LogP contribution in [0.3, 0.4) is 0 Å². The van der Waals surface area contributed by atoms with Crippen LogP contribution in [0.15, 0.2) is 42.5 Å². The smallest absolute Gasteiger partial charge is 0.308 e. The van der Waals surface area contributed by atoms with Gasteiger partial charge in [-0.3, -0.25) is 9.59 Å². The second kappa shape index (κ2) is 6.88. The monoisotopic (exact) mass is 285 g/mol. The highest BCUT2D eigenvalue weighted by atomic mass is 16.4. The van der Waals surface area contributed by atoms with E-state index in [4.69, 9.17) is 5.11 Å². The Morgan fingerprint density at radius 1 is 1.14 bits per heavy atom. The molecule has 0 saturated carbocycles. The molecule has 110 valence electrons. The van der Waals surface area contributed by atoms with Crippen molar-refractivity contribution in [1.29, 1.82) is 0 Å². The first-order valence-corrected chi connectivity index (χ1v) is 7.12. The first-order chi connectivity index (χ1) is 10.1. The largest absolute Gasteiger partial charge is 0.481 e. The number of hydrogen-bond acceptors (Lipinski definition) is 2. The summed E-state index contributed by atoms with van der Waals surface area (Å²) in [6.45, 7) is 2.09. The molecule has 0 bridgehead atoms. The lowest BCUT2D eigenvalue weighted by Crippen LogP contribution is -2.33. The molecule has 0 fully saturated rings. The molecule has 1 amide bonds. The number of carbonyl (C=O) groups is 2. The van der Waals surface area contributed by atoms with E-state index >= 15 is 0 Å². The van der Waals surface area contributed by atoms with E-state index in [9.17, 15) is 9.59 Å². The fourth-order valence-electron chi connectivity index (χ4n) is 2.40. The second-order valence-electron chi connectivity index (χ2n) is 5.06. The van der Waals surface area contributed by atoms with Crippen LogP contribution in [0, 0.1) is 5.92 Å². The number of benzene rings is 2. The van der Waals surface area contributed by atoms with E-state index in [2.05, 4.69) is 5.32 Å². The molecule has 0 aromatic heterocycles. The molecule has 4 heteroatoms. The van der Waals surface area contributed by atoms with E-state index in [0.29, 0.717) is 12.0 Å². The highest BCUT2D eigenvalue weighted by molar-refractivity contribution is 6.07. The zero-order valence-electron chi connectivity index (χ0n) is 12.0. The van der Waals surface area contributed by atoms with Gasteiger partial charge in [-0.1, -0.05) is 49.7 Å². The van der Waals surface area contributed by atoms with Crippen LogP contribution in [0.2, 0.25) is 0 Å². The first-order valence-electron chi connectivity index (χ1n) is 7.12. The van der Waals surface area contributed by atoms with Gasteiger partial charge in [-0.25, -0.2) is 0 Å². The van der Waals surface area contributed by atoms with E-state index in [1.165, 1.54) is 0 Å². The van der Waals surface area contributed by atoms with Gasteiger partial charge in [0, 0.05) is 12.1 Å². The first kappa shape index (κ1) is 15.0. The molecule has 0 radical (unpaired) electrons. The summed E-state index contributed by atoms with van der Waals surface area (Å²) in [7, 11) is 0. The van der Waals surface area contributed by atoms with Crippen molar-refractivity contribution in [3.8, 4) is 0 Å². The molecule has 4 nitrogen and oxygen atoms in total. The van der Waals surface area contributed by atoms with Gasteiger partial charge in [-0.2, -0.15) is 0 Å². The molecule has 0 aliphatic carbocycles. The minimum Gasteiger partial charge on any atom is -0.481 e. The van der Waals surface area contributed by atoms with Gasteiger partial charge in [-0.15, -0.1) is 0 Å². The van der Waals surface area contributed by atoms with Crippen LogP contribution < -0.4 is 5.32 Å². The summed E-state index contributed by atoms with van der Waals surface area (Å²) in [6.07, 6.45) is 1.34. The van der Waals surface area contributed by atoms with Crippen LogP contribution in [0.5, 0.6) is 0 Å². The Kier molecular flexibility index (Phi) is 4.93. The number of hydrogen-bond donors (Lipinski definition) is 2. The van der Waals surface area contributed by atoms with Gasteiger partial charge >= 0.3 is 5.97 Å². The number of aliphatic carboxylic acids is 1. The number of amides is 1. The molecule has 0 spiro atoms. The third-order valence-corrected chi connectivity index (χ3v) is 3.53. The van der Waals surface area contributed by atoms with Crippen molar-refractivity contribution in [1.82, 2.24) is 5.32 Å². The van der Waals surface area contributed by atoms with Crippen LogP contribution >= 0.6 is 0 Å². The molecular formula is C17H19NO3. The van der Waals surface area contributed by atoms with E-state index in [-0.39, 0.29) is 12.5 Å². The molecule has 21 heavy (non-hydrogen) atoms. The van der Waals surface area contributed by atoms with Crippen molar-refractivity contribution in [3.05, 3.63) is 48.0 Å². The second-order valence-corrected chi connectivity index (χ2v) is 5.06. The molecular weight excluding hydrogens is 266 g/mol. The molecule has 0 heterocycles. The van der Waals surface area contributed by atoms with Crippen LogP contribution in [0.25, 0.3) is 10.8 Å². The summed E-state index contributed by atoms with van der Waals surface area (Å²) < 4.78 is 0. The van der Waals surface area contributed by atoms with Crippen LogP contribution in [0.4, 0.5) is 0 Å². The Bertz CT molecular complexity index is 646. The minimum absolute atomic E-state index is 0.158. The number of carbonyl (C=O) groups excluding carboxylic acids is 1. The topological polar surface area (TPSA) is 66.4 Å². The maximum Gasteiger partial charge on any atom is 0.308 e. The van der Waals surface area contributed by atoms with Gasteiger partial charge in [0.05, 0.1) is 5.92 Å². The number of rotatable bonds is 6. The summed E-state index contributed by atoms with van der Waals surface area (Å²) in [5, 5.41) is 13.7. The molecule has 0 saturated heterocycles. The Morgan fingerprint density at radius 2 is 1.86 bits per heavy atom. The molecule has 0 aliphatic rings. The minimum atomic E-state index is -0.866. The van der Waals surface area contributed by atoms with Crippen molar-refractivity contribution >= 4 is 22.6 Å². The summed E-state index contributed by atoms with van der Waals surface area (Å²) in [5.74, 6) is -1.63. The van der Waals surface area contributed by atoms with Gasteiger partial charge in [0.15, 0.2) is 0 Å². The molecule has 2 aromatic rings. The Hall–Kier alpha value is -2.36. The fraction of sp³-hybridized carbons (Fsp3) is 0.294. The lowest BCUT2D eigenvalue weighted by atomic mass is 10.0. The summed E-state index contributed by atoms with van der Waals surface area (Å²) >= 11 is 0. The molecule has 2 N–H and O–H groups in total. The van der Waals surface area contributed by atoms with E-state index in [1.807, 2.05) is 43.3 Å². The molecule has 1 atom stereocenters. The van der Waals surface area contributed by atoms with Gasteiger partial charge < -0.3 is 10.4 Å². The van der Waals surface area contributed by atoms with Crippen molar-refractivity contribution in [2.24, 2.45) is 5.92 Å². The number of fused-ring (bicyclic) bond motifs is 1. The normalized spacial score (nSPS) is 12.0. The zero-order valence-corrected chi connectivity index (χ0v) is 12.0. The number of carboxylic acids is 1. The SMILES string of the molecule is CCCC(CNC(=O)c1cccc2ccccc12)C(=O)O. The zero-order chi connectivity index (χ0) is 15.2. The lowest BCUT2D eigenvalue weighted by molar-refractivity contribution is -0.141. The van der Waals surface area contributed by atoms with Gasteiger partial charge in [0.1, 0.15) is 0 Å². The van der Waals surface area contributed by atoms with Gasteiger partial charge in [0.25, 0.3) is 5.91 Å². The highest BCUT2D eigenvalue weighted by Crippen LogP contribution is 2.18. The Morgan fingerprint density at radius 3 is 2.57 bits per heavy atom. The third kappa shape index (κ3) is 3.60.